The number of benzene rings is 1. The number of aromatic amines is 1. The monoisotopic (exact) mass is 271 g/mol. The van der Waals surface area contributed by atoms with Crippen molar-refractivity contribution in [1.82, 2.24) is 10.2 Å². The minimum absolute atomic E-state index is 0.0840. The fourth-order valence-corrected chi connectivity index (χ4v) is 1.83. The van der Waals surface area contributed by atoms with Crippen molar-refractivity contribution in [2.75, 3.05) is 0 Å². The van der Waals surface area contributed by atoms with Crippen LogP contribution in [0.1, 0.15) is 22.4 Å². The van der Waals surface area contributed by atoms with Crippen LogP contribution in [0, 0.1) is 18.3 Å². The molecule has 0 aliphatic rings. The Hall–Kier alpha value is -2.38. The van der Waals surface area contributed by atoms with Gasteiger partial charge in [0.2, 0.25) is 0 Å². The van der Waals surface area contributed by atoms with Crippen LogP contribution in [0.5, 0.6) is 0 Å². The molecule has 0 radical (unpaired) electrons. The summed E-state index contributed by atoms with van der Waals surface area (Å²) in [6, 6.07) is 9.21. The number of halogens is 1. The second-order valence-corrected chi connectivity index (χ2v) is 4.37. The van der Waals surface area contributed by atoms with Crippen molar-refractivity contribution in [2.45, 2.75) is 6.92 Å². The van der Waals surface area contributed by atoms with E-state index in [1.54, 1.807) is 19.1 Å². The molecule has 0 unspecified atom stereocenters. The molecule has 1 heterocycles. The zero-order chi connectivity index (χ0) is 13.8. The molecule has 94 valence electrons. The predicted octanol–water partition coefficient (Wildman–Crippen LogP) is 2.77. The summed E-state index contributed by atoms with van der Waals surface area (Å²) in [5.74, 6) is 0. The smallest absolute Gasteiger partial charge is 0.267 e. The van der Waals surface area contributed by atoms with E-state index in [4.69, 9.17) is 16.9 Å². The summed E-state index contributed by atoms with van der Waals surface area (Å²) in [4.78, 5) is 11.4. The van der Waals surface area contributed by atoms with E-state index in [2.05, 4.69) is 10.2 Å². The quantitative estimate of drug-likeness (QED) is 0.913. The van der Waals surface area contributed by atoms with E-state index < -0.39 is 5.56 Å². The number of nitrogens with zero attached hydrogens (tertiary/aromatic N) is 2. The average molecular weight is 272 g/mol. The van der Waals surface area contributed by atoms with E-state index in [0.717, 1.165) is 5.56 Å². The molecular formula is C14H10ClN3O. The Morgan fingerprint density at radius 1 is 1.42 bits per heavy atom. The number of nitrogens with one attached hydrogen (secondary N) is 1. The second kappa shape index (κ2) is 5.51. The summed E-state index contributed by atoms with van der Waals surface area (Å²) in [5.41, 5.74) is 1.64. The van der Waals surface area contributed by atoms with E-state index in [1.807, 2.05) is 30.3 Å². The van der Waals surface area contributed by atoms with Crippen LogP contribution in [0.2, 0.25) is 5.02 Å². The molecule has 0 aliphatic carbocycles. The number of rotatable bonds is 2. The number of hydrogen-bond acceptors (Lipinski definition) is 3. The molecule has 1 N–H and O–H groups in total. The van der Waals surface area contributed by atoms with Crippen molar-refractivity contribution < 1.29 is 0 Å². The highest BCUT2D eigenvalue weighted by atomic mass is 35.5. The van der Waals surface area contributed by atoms with Crippen molar-refractivity contribution in [3.05, 3.63) is 62.0 Å². The first-order valence-corrected chi connectivity index (χ1v) is 5.92. The number of H-pyrrole nitrogens is 1. The minimum atomic E-state index is -0.472. The van der Waals surface area contributed by atoms with Crippen LogP contribution in [-0.4, -0.2) is 10.2 Å². The van der Waals surface area contributed by atoms with Gasteiger partial charge in [0.05, 0.1) is 5.69 Å². The molecule has 19 heavy (non-hydrogen) atoms. The highest BCUT2D eigenvalue weighted by molar-refractivity contribution is 6.30. The highest BCUT2D eigenvalue weighted by Crippen LogP contribution is 2.14. The summed E-state index contributed by atoms with van der Waals surface area (Å²) >= 11 is 5.89. The molecule has 0 amide bonds. The molecule has 0 aliphatic heterocycles. The maximum Gasteiger partial charge on any atom is 0.282 e. The van der Waals surface area contributed by atoms with Crippen LogP contribution in [-0.2, 0) is 0 Å². The Labute approximate surface area is 115 Å². The van der Waals surface area contributed by atoms with Crippen molar-refractivity contribution in [2.24, 2.45) is 0 Å². The molecule has 0 fully saturated rings. The Morgan fingerprint density at radius 3 is 2.89 bits per heavy atom. The summed E-state index contributed by atoms with van der Waals surface area (Å²) < 4.78 is 0. The van der Waals surface area contributed by atoms with E-state index >= 15 is 0 Å². The van der Waals surface area contributed by atoms with Gasteiger partial charge in [0.25, 0.3) is 5.56 Å². The first-order chi connectivity index (χ1) is 9.11. The maximum atomic E-state index is 11.4. The topological polar surface area (TPSA) is 69.5 Å². The molecule has 2 aromatic rings. The normalized spacial score (nSPS) is 10.6. The Balaban J connectivity index is 2.40. The van der Waals surface area contributed by atoms with Crippen LogP contribution < -0.4 is 5.56 Å². The van der Waals surface area contributed by atoms with Crippen LogP contribution in [0.4, 0.5) is 0 Å². The Bertz CT molecular complexity index is 741. The molecule has 5 heteroatoms. The lowest BCUT2D eigenvalue weighted by Crippen LogP contribution is -2.15. The number of hydrogen-bond donors (Lipinski definition) is 1. The van der Waals surface area contributed by atoms with Gasteiger partial charge < -0.3 is 0 Å². The molecule has 1 aromatic heterocycles. The molecule has 0 atom stereocenters. The molecule has 0 saturated heterocycles. The average Bonchev–Trinajstić information content (AvgIpc) is 2.38. The Kier molecular flexibility index (Phi) is 3.79. The zero-order valence-corrected chi connectivity index (χ0v) is 10.9. The van der Waals surface area contributed by atoms with Gasteiger partial charge in [-0.2, -0.15) is 10.4 Å². The number of aromatic nitrogens is 2. The first kappa shape index (κ1) is 13.1. The van der Waals surface area contributed by atoms with Crippen molar-refractivity contribution >= 4 is 23.8 Å². The molecule has 2 rings (SSSR count). The lowest BCUT2D eigenvalue weighted by Gasteiger charge is -2.00. The summed E-state index contributed by atoms with van der Waals surface area (Å²) in [7, 11) is 0. The lowest BCUT2D eigenvalue weighted by molar-refractivity contribution is 0.952. The van der Waals surface area contributed by atoms with Crippen LogP contribution in [0.3, 0.4) is 0 Å². The lowest BCUT2D eigenvalue weighted by atomic mass is 10.1. The summed E-state index contributed by atoms with van der Waals surface area (Å²) in [6.45, 7) is 1.69. The fourth-order valence-electron chi connectivity index (χ4n) is 1.63. The van der Waals surface area contributed by atoms with Crippen LogP contribution >= 0.6 is 11.6 Å². The fraction of sp³-hybridized carbons (Fsp3) is 0.0714. The van der Waals surface area contributed by atoms with Gasteiger partial charge in [-0.3, -0.25) is 4.79 Å². The molecular weight excluding hydrogens is 262 g/mol. The standard InChI is InChI=1S/C14H10ClN3O/c1-9-12(8-16)14(19)18-17-13(9)6-5-10-3-2-4-11(15)7-10/h2-7H,1H3,(H,18,19)/b6-5+. The van der Waals surface area contributed by atoms with Gasteiger partial charge in [-0.15, -0.1) is 0 Å². The molecule has 0 bridgehead atoms. The molecule has 4 nitrogen and oxygen atoms in total. The van der Waals surface area contributed by atoms with E-state index in [1.165, 1.54) is 0 Å². The predicted molar refractivity (Wildman–Crippen MR) is 74.7 cm³/mol. The molecule has 1 aromatic carbocycles. The van der Waals surface area contributed by atoms with Gasteiger partial charge in [-0.1, -0.05) is 29.8 Å². The third-order valence-electron chi connectivity index (χ3n) is 2.66. The first-order valence-electron chi connectivity index (χ1n) is 5.55. The van der Waals surface area contributed by atoms with Crippen molar-refractivity contribution in [3.8, 4) is 6.07 Å². The van der Waals surface area contributed by atoms with Gasteiger partial charge >= 0.3 is 0 Å². The largest absolute Gasteiger partial charge is 0.282 e. The van der Waals surface area contributed by atoms with E-state index in [-0.39, 0.29) is 5.56 Å². The van der Waals surface area contributed by atoms with Gasteiger partial charge in [-0.05, 0) is 36.3 Å². The van der Waals surface area contributed by atoms with E-state index in [9.17, 15) is 4.79 Å². The van der Waals surface area contributed by atoms with Gasteiger partial charge in [0.1, 0.15) is 11.6 Å². The van der Waals surface area contributed by atoms with Crippen LogP contribution in [0.15, 0.2) is 29.1 Å². The third-order valence-corrected chi connectivity index (χ3v) is 2.89. The van der Waals surface area contributed by atoms with Gasteiger partial charge in [0, 0.05) is 5.02 Å². The van der Waals surface area contributed by atoms with Crippen molar-refractivity contribution in [1.29, 1.82) is 5.26 Å². The molecule has 0 saturated carbocycles. The minimum Gasteiger partial charge on any atom is -0.267 e. The maximum absolute atomic E-state index is 11.4. The number of nitriles is 1. The second-order valence-electron chi connectivity index (χ2n) is 3.94. The highest BCUT2D eigenvalue weighted by Gasteiger charge is 2.07. The van der Waals surface area contributed by atoms with Gasteiger partial charge in [-0.25, -0.2) is 5.10 Å². The van der Waals surface area contributed by atoms with Crippen molar-refractivity contribution in [3.63, 3.8) is 0 Å². The Morgan fingerprint density at radius 2 is 2.21 bits per heavy atom. The SMILES string of the molecule is Cc1c(/C=C/c2cccc(Cl)c2)n[nH]c(=O)c1C#N. The molecule has 0 spiro atoms. The van der Waals surface area contributed by atoms with E-state index in [0.29, 0.717) is 16.3 Å². The third kappa shape index (κ3) is 2.90. The summed E-state index contributed by atoms with van der Waals surface area (Å²) in [6.07, 6.45) is 3.55. The van der Waals surface area contributed by atoms with Gasteiger partial charge in [0.15, 0.2) is 0 Å². The summed E-state index contributed by atoms with van der Waals surface area (Å²) in [5, 5.41) is 15.8. The van der Waals surface area contributed by atoms with Crippen LogP contribution in [0.25, 0.3) is 12.2 Å². The zero-order valence-electron chi connectivity index (χ0n) is 10.1.